The Hall–Kier alpha value is -1.83. The van der Waals surface area contributed by atoms with Crippen LogP contribution < -0.4 is 0 Å². The molecule has 1 aromatic heterocycles. The number of aryl methyl sites for hydroxylation is 1. The molecule has 5 nitrogen and oxygen atoms in total. The van der Waals surface area contributed by atoms with Gasteiger partial charge in [-0.2, -0.15) is 10.4 Å². The Morgan fingerprint density at radius 1 is 1.92 bits per heavy atom. The fourth-order valence-corrected chi connectivity index (χ4v) is 0.732. The zero-order valence-electron chi connectivity index (χ0n) is 6.50. The maximum Gasteiger partial charge on any atom is 0.342 e. The lowest BCUT2D eigenvalue weighted by Gasteiger charge is -1.96. The van der Waals surface area contributed by atoms with Gasteiger partial charge in [0.05, 0.1) is 6.20 Å². The first kappa shape index (κ1) is 8.27. The largest absolute Gasteiger partial charge is 0.447 e. The molecule has 0 aromatic carbocycles. The molecule has 0 radical (unpaired) electrons. The van der Waals surface area contributed by atoms with Crippen LogP contribution >= 0.6 is 0 Å². The number of rotatable bonds is 2. The highest BCUT2D eigenvalue weighted by Crippen LogP contribution is 2.03. The van der Waals surface area contributed by atoms with Crippen molar-refractivity contribution in [2.24, 2.45) is 0 Å². The first-order valence-electron chi connectivity index (χ1n) is 3.29. The van der Waals surface area contributed by atoms with E-state index in [9.17, 15) is 4.79 Å². The van der Waals surface area contributed by atoms with Gasteiger partial charge in [0.1, 0.15) is 11.6 Å². The van der Waals surface area contributed by atoms with Crippen molar-refractivity contribution in [3.05, 3.63) is 17.5 Å². The number of aromatic amines is 1. The number of esters is 1. The molecular weight excluding hydrogens is 158 g/mol. The van der Waals surface area contributed by atoms with Crippen molar-refractivity contribution in [3.63, 3.8) is 0 Å². The molecule has 1 rings (SSSR count). The summed E-state index contributed by atoms with van der Waals surface area (Å²) < 4.78 is 4.56. The molecule has 1 aromatic rings. The Bertz CT molecular complexity index is 324. The molecule has 5 heteroatoms. The Balaban J connectivity index is 2.67. The van der Waals surface area contributed by atoms with Crippen molar-refractivity contribution in [2.75, 3.05) is 6.61 Å². The van der Waals surface area contributed by atoms with Crippen molar-refractivity contribution in [1.29, 1.82) is 5.26 Å². The van der Waals surface area contributed by atoms with E-state index >= 15 is 0 Å². The van der Waals surface area contributed by atoms with Gasteiger partial charge in [-0.05, 0) is 6.92 Å². The number of carbonyl (C=O) groups excluding carboxylic acids is 1. The van der Waals surface area contributed by atoms with E-state index in [-0.39, 0.29) is 6.61 Å². The van der Waals surface area contributed by atoms with Gasteiger partial charge in [-0.25, -0.2) is 4.79 Å². The Morgan fingerprint density at radius 2 is 2.67 bits per heavy atom. The number of carbonyl (C=O) groups is 1. The number of nitrogens with zero attached hydrogens (tertiary/aromatic N) is 2. The van der Waals surface area contributed by atoms with Gasteiger partial charge in [-0.3, -0.25) is 5.10 Å². The Kier molecular flexibility index (Phi) is 2.43. The maximum atomic E-state index is 11.1. The van der Waals surface area contributed by atoms with E-state index in [1.165, 1.54) is 6.20 Å². The lowest BCUT2D eigenvalue weighted by molar-refractivity contribution is 0.0554. The van der Waals surface area contributed by atoms with E-state index in [1.54, 1.807) is 13.0 Å². The van der Waals surface area contributed by atoms with Crippen LogP contribution in [0.5, 0.6) is 0 Å². The van der Waals surface area contributed by atoms with Gasteiger partial charge in [0.15, 0.2) is 6.61 Å². The summed E-state index contributed by atoms with van der Waals surface area (Å²) in [6.07, 6.45) is 1.37. The number of aromatic nitrogens is 2. The predicted octanol–water partition coefficient (Wildman–Crippen LogP) is 0.398. The van der Waals surface area contributed by atoms with Gasteiger partial charge in [0.25, 0.3) is 0 Å². The molecule has 0 aliphatic rings. The molecule has 1 N–H and O–H groups in total. The number of hydrogen-bond donors (Lipinski definition) is 1. The topological polar surface area (TPSA) is 78.8 Å². The fourth-order valence-electron chi connectivity index (χ4n) is 0.732. The highest BCUT2D eigenvalue weighted by molar-refractivity contribution is 5.90. The predicted molar refractivity (Wildman–Crippen MR) is 39.2 cm³/mol. The van der Waals surface area contributed by atoms with Crippen molar-refractivity contribution >= 4 is 5.97 Å². The summed E-state index contributed by atoms with van der Waals surface area (Å²) in [7, 11) is 0. The molecule has 0 fully saturated rings. The fraction of sp³-hybridized carbons (Fsp3) is 0.286. The van der Waals surface area contributed by atoms with Crippen LogP contribution in [0.3, 0.4) is 0 Å². The van der Waals surface area contributed by atoms with Crippen LogP contribution in [0.1, 0.15) is 16.1 Å². The van der Waals surface area contributed by atoms with E-state index in [0.717, 1.165) is 0 Å². The van der Waals surface area contributed by atoms with E-state index in [4.69, 9.17) is 5.26 Å². The molecule has 1 heterocycles. The third kappa shape index (κ3) is 1.61. The zero-order chi connectivity index (χ0) is 8.97. The van der Waals surface area contributed by atoms with Crippen LogP contribution in [0.15, 0.2) is 6.20 Å². The maximum absolute atomic E-state index is 11.1. The van der Waals surface area contributed by atoms with Crippen molar-refractivity contribution < 1.29 is 9.53 Å². The summed E-state index contributed by atoms with van der Waals surface area (Å²) in [6.45, 7) is 1.47. The van der Waals surface area contributed by atoms with Gasteiger partial charge in [-0.15, -0.1) is 0 Å². The molecule has 0 atom stereocenters. The Morgan fingerprint density at radius 3 is 3.17 bits per heavy atom. The van der Waals surface area contributed by atoms with Crippen LogP contribution in [-0.4, -0.2) is 22.8 Å². The standard InChI is InChI=1S/C7H7N3O2/c1-5-6(4-9-10-5)7(11)12-3-2-8/h4H,3H2,1H3,(H,9,10). The summed E-state index contributed by atoms with van der Waals surface area (Å²) >= 11 is 0. The van der Waals surface area contributed by atoms with Crippen LogP contribution in [0.2, 0.25) is 0 Å². The lowest BCUT2D eigenvalue weighted by Crippen LogP contribution is -2.05. The molecular formula is C7H7N3O2. The number of nitriles is 1. The van der Waals surface area contributed by atoms with Gasteiger partial charge in [-0.1, -0.05) is 0 Å². The molecule has 0 aliphatic heterocycles. The molecule has 0 unspecified atom stereocenters. The highest BCUT2D eigenvalue weighted by Gasteiger charge is 2.11. The van der Waals surface area contributed by atoms with Gasteiger partial charge < -0.3 is 4.74 Å². The van der Waals surface area contributed by atoms with E-state index in [0.29, 0.717) is 11.3 Å². The molecule has 0 bridgehead atoms. The SMILES string of the molecule is Cc1[nH]ncc1C(=O)OCC#N. The van der Waals surface area contributed by atoms with Crippen LogP contribution in [-0.2, 0) is 4.74 Å². The summed E-state index contributed by atoms with van der Waals surface area (Å²) in [6, 6.07) is 1.71. The number of nitrogens with one attached hydrogen (secondary N) is 1. The monoisotopic (exact) mass is 165 g/mol. The molecule has 12 heavy (non-hydrogen) atoms. The van der Waals surface area contributed by atoms with E-state index < -0.39 is 5.97 Å². The zero-order valence-corrected chi connectivity index (χ0v) is 6.50. The second kappa shape index (κ2) is 3.53. The van der Waals surface area contributed by atoms with Gasteiger partial charge in [0, 0.05) is 5.69 Å². The lowest BCUT2D eigenvalue weighted by atomic mass is 10.3. The van der Waals surface area contributed by atoms with Crippen LogP contribution in [0.4, 0.5) is 0 Å². The summed E-state index contributed by atoms with van der Waals surface area (Å²) in [5.41, 5.74) is 1.00. The van der Waals surface area contributed by atoms with Gasteiger partial charge in [0.2, 0.25) is 0 Å². The normalized spacial score (nSPS) is 9.00. The highest BCUT2D eigenvalue weighted by atomic mass is 16.5. The summed E-state index contributed by atoms with van der Waals surface area (Å²) in [5, 5.41) is 14.4. The first-order valence-corrected chi connectivity index (χ1v) is 3.29. The van der Waals surface area contributed by atoms with Crippen molar-refractivity contribution in [1.82, 2.24) is 10.2 Å². The quantitative estimate of drug-likeness (QED) is 0.643. The average molecular weight is 165 g/mol. The van der Waals surface area contributed by atoms with Crippen LogP contribution in [0, 0.1) is 18.3 Å². The van der Waals surface area contributed by atoms with Gasteiger partial charge >= 0.3 is 5.97 Å². The summed E-state index contributed by atoms with van der Waals surface area (Å²) in [5.74, 6) is -0.525. The molecule has 62 valence electrons. The second-order valence-electron chi connectivity index (χ2n) is 2.14. The summed E-state index contributed by atoms with van der Waals surface area (Å²) in [4.78, 5) is 11.1. The van der Waals surface area contributed by atoms with Crippen molar-refractivity contribution in [3.8, 4) is 6.07 Å². The minimum Gasteiger partial charge on any atom is -0.447 e. The van der Waals surface area contributed by atoms with Crippen molar-refractivity contribution in [2.45, 2.75) is 6.92 Å². The average Bonchev–Trinajstić information content (AvgIpc) is 2.47. The first-order chi connectivity index (χ1) is 5.75. The number of hydrogen-bond acceptors (Lipinski definition) is 4. The molecule has 0 spiro atoms. The van der Waals surface area contributed by atoms with E-state index in [1.807, 2.05) is 0 Å². The number of ether oxygens (including phenoxy) is 1. The molecule has 0 amide bonds. The number of H-pyrrole nitrogens is 1. The smallest absolute Gasteiger partial charge is 0.342 e. The van der Waals surface area contributed by atoms with E-state index in [2.05, 4.69) is 14.9 Å². The Labute approximate surface area is 69.0 Å². The molecule has 0 saturated carbocycles. The molecule has 0 aliphatic carbocycles. The molecule has 0 saturated heterocycles. The van der Waals surface area contributed by atoms with Crippen LogP contribution in [0.25, 0.3) is 0 Å². The third-order valence-corrected chi connectivity index (χ3v) is 1.32. The third-order valence-electron chi connectivity index (χ3n) is 1.32. The second-order valence-corrected chi connectivity index (χ2v) is 2.14. The minimum absolute atomic E-state index is 0.233. The minimum atomic E-state index is -0.525.